The second kappa shape index (κ2) is 18.0. The number of benzene rings is 4. The van der Waals surface area contributed by atoms with E-state index in [9.17, 15) is 19.3 Å². The predicted molar refractivity (Wildman–Crippen MR) is 205 cm³/mol. The van der Waals surface area contributed by atoms with Crippen molar-refractivity contribution in [1.82, 2.24) is 9.55 Å². The van der Waals surface area contributed by atoms with E-state index in [1.54, 1.807) is 56.7 Å². The number of hydrogen-bond acceptors (Lipinski definition) is 13. The first-order chi connectivity index (χ1) is 27.1. The molecule has 5 aromatic rings. The van der Waals surface area contributed by atoms with Crippen LogP contribution >= 0.6 is 8.25 Å². The fourth-order valence-corrected chi connectivity index (χ4v) is 7.23. The van der Waals surface area contributed by atoms with Crippen molar-refractivity contribution in [3.63, 3.8) is 0 Å². The van der Waals surface area contributed by atoms with Gasteiger partial charge in [0, 0.05) is 17.4 Å². The van der Waals surface area contributed by atoms with Crippen molar-refractivity contribution in [3.8, 4) is 11.5 Å². The van der Waals surface area contributed by atoms with Crippen LogP contribution in [-0.4, -0.2) is 66.1 Å². The summed E-state index contributed by atoms with van der Waals surface area (Å²) in [6.07, 6.45) is -1.83. The summed E-state index contributed by atoms with van der Waals surface area (Å²) in [6, 6.07) is 33.3. The first-order valence-electron chi connectivity index (χ1n) is 17.9. The summed E-state index contributed by atoms with van der Waals surface area (Å²) in [4.78, 5) is 30.0. The van der Waals surface area contributed by atoms with Crippen molar-refractivity contribution in [2.24, 2.45) is 0 Å². The van der Waals surface area contributed by atoms with Gasteiger partial charge in [-0.25, -0.2) is 9.59 Å². The summed E-state index contributed by atoms with van der Waals surface area (Å²) in [5.74, 6) is -2.42. The smallest absolute Gasteiger partial charge is 0.497 e. The highest BCUT2D eigenvalue weighted by Gasteiger charge is 2.65. The molecule has 1 aromatic heterocycles. The molecule has 1 unspecified atom stereocenters. The van der Waals surface area contributed by atoms with Crippen molar-refractivity contribution < 1.29 is 47.2 Å². The van der Waals surface area contributed by atoms with E-state index < -0.39 is 56.3 Å². The standard InChI is InChI=1S/C41H42N3O11P/c1-4-5-26-51-36-37(44-25-24-35(42)43-39(44)46)53-34(41(36,47)55-56(48)54-38(45)28-12-8-6-9-13-28)27-52-40(29-14-10-7-11-15-29,30-16-20-32(49-2)21-17-30)31-18-22-33(50-3)23-19-31/h6-25,34,36-37,47H,4-5,26-27H2,1-3H3,(H-,42,43,46)/p+1/t34-,36+,37-,41-/m1/s1. The van der Waals surface area contributed by atoms with Gasteiger partial charge in [0.05, 0.1) is 26.4 Å². The van der Waals surface area contributed by atoms with Crippen LogP contribution in [0.5, 0.6) is 11.5 Å². The zero-order valence-corrected chi connectivity index (χ0v) is 32.0. The quantitative estimate of drug-likeness (QED) is 0.0475. The Hall–Kier alpha value is -5.47. The van der Waals surface area contributed by atoms with Crippen molar-refractivity contribution in [3.05, 3.63) is 154 Å². The molecule has 0 aliphatic carbocycles. The van der Waals surface area contributed by atoms with Gasteiger partial charge in [0.2, 0.25) is 0 Å². The lowest BCUT2D eigenvalue weighted by Crippen LogP contribution is -2.53. The van der Waals surface area contributed by atoms with E-state index in [2.05, 4.69) is 4.98 Å². The zero-order chi connectivity index (χ0) is 39.7. The number of carbonyl (C=O) groups excluding carboxylic acids is 1. The Morgan fingerprint density at radius 2 is 1.46 bits per heavy atom. The van der Waals surface area contributed by atoms with Crippen LogP contribution in [0.2, 0.25) is 0 Å². The SMILES string of the molecule is CCCCO[C@H]1[C@H](n2ccc(N)nc2=O)O[C@H](COC(c2ccccc2)(c2ccc(OC)cc2)c2ccc(OC)cc2)[C@@]1(O)O[P+](=O)OC(=O)c1ccccc1. The third kappa shape index (κ3) is 8.51. The minimum atomic E-state index is -3.37. The molecule has 1 aliphatic heterocycles. The molecule has 0 radical (unpaired) electrons. The van der Waals surface area contributed by atoms with E-state index in [4.69, 9.17) is 38.5 Å². The molecule has 1 saturated heterocycles. The fourth-order valence-electron chi connectivity index (χ4n) is 6.49. The van der Waals surface area contributed by atoms with Gasteiger partial charge in [0.25, 0.3) is 5.79 Å². The topological polar surface area (TPSA) is 180 Å². The number of nitrogens with zero attached hydrogens (tertiary/aromatic N) is 2. The minimum Gasteiger partial charge on any atom is -0.497 e. The summed E-state index contributed by atoms with van der Waals surface area (Å²) in [5, 5.41) is 12.7. The number of nitrogen functional groups attached to an aromatic ring is 1. The average molecular weight is 785 g/mol. The highest BCUT2D eigenvalue weighted by Crippen LogP contribution is 2.48. The molecule has 56 heavy (non-hydrogen) atoms. The van der Waals surface area contributed by atoms with E-state index in [0.29, 0.717) is 34.6 Å². The van der Waals surface area contributed by atoms with Gasteiger partial charge in [-0.3, -0.25) is 4.57 Å². The molecule has 6 rings (SSSR count). The molecule has 292 valence electrons. The van der Waals surface area contributed by atoms with Crippen LogP contribution in [0.1, 0.15) is 53.0 Å². The number of aliphatic hydroxyl groups is 1. The molecule has 14 nitrogen and oxygen atoms in total. The maximum Gasteiger partial charge on any atom is 0.756 e. The lowest BCUT2D eigenvalue weighted by molar-refractivity contribution is -0.234. The molecule has 1 fully saturated rings. The number of anilines is 1. The van der Waals surface area contributed by atoms with Gasteiger partial charge < -0.3 is 34.5 Å². The third-order valence-corrected chi connectivity index (χ3v) is 10.1. The van der Waals surface area contributed by atoms with Crippen LogP contribution in [-0.2, 0) is 33.4 Å². The van der Waals surface area contributed by atoms with Crippen molar-refractivity contribution in [1.29, 1.82) is 0 Å². The molecule has 2 heterocycles. The summed E-state index contributed by atoms with van der Waals surface area (Å²) in [7, 11) is -0.240. The summed E-state index contributed by atoms with van der Waals surface area (Å²) in [5.41, 5.74) is 5.76. The Labute approximate surface area is 324 Å². The predicted octanol–water partition coefficient (Wildman–Crippen LogP) is 6.15. The Morgan fingerprint density at radius 3 is 2.02 bits per heavy atom. The highest BCUT2D eigenvalue weighted by molar-refractivity contribution is 7.34. The van der Waals surface area contributed by atoms with Gasteiger partial charge in [-0.1, -0.05) is 90.7 Å². The molecule has 5 atom stereocenters. The molecule has 0 bridgehead atoms. The second-order valence-corrected chi connectivity index (χ2v) is 13.6. The molecule has 0 saturated carbocycles. The highest BCUT2D eigenvalue weighted by atomic mass is 31.1. The number of rotatable bonds is 17. The van der Waals surface area contributed by atoms with Crippen LogP contribution < -0.4 is 20.9 Å². The zero-order valence-electron chi connectivity index (χ0n) is 31.1. The lowest BCUT2D eigenvalue weighted by atomic mass is 9.80. The van der Waals surface area contributed by atoms with E-state index in [-0.39, 0.29) is 18.0 Å². The first-order valence-corrected chi connectivity index (χ1v) is 19.0. The average Bonchev–Trinajstić information content (AvgIpc) is 3.48. The minimum absolute atomic E-state index is 0.0402. The summed E-state index contributed by atoms with van der Waals surface area (Å²) in [6.45, 7) is 1.57. The molecule has 0 spiro atoms. The Kier molecular flexibility index (Phi) is 12.9. The number of nitrogens with two attached hydrogens (primary N) is 1. The van der Waals surface area contributed by atoms with Crippen molar-refractivity contribution >= 4 is 20.0 Å². The number of ether oxygens (including phenoxy) is 5. The van der Waals surface area contributed by atoms with E-state index in [1.165, 1.54) is 24.4 Å². The maximum atomic E-state index is 13.6. The van der Waals surface area contributed by atoms with E-state index in [1.807, 2.05) is 61.5 Å². The van der Waals surface area contributed by atoms with Crippen LogP contribution in [0.4, 0.5) is 5.82 Å². The molecule has 3 N–H and O–H groups in total. The third-order valence-electron chi connectivity index (χ3n) is 9.36. The molecule has 0 amide bonds. The maximum absolute atomic E-state index is 13.6. The first kappa shape index (κ1) is 40.2. The Balaban J connectivity index is 1.46. The number of hydrogen-bond donors (Lipinski definition) is 2. The van der Waals surface area contributed by atoms with Gasteiger partial charge in [0.15, 0.2) is 12.3 Å². The van der Waals surface area contributed by atoms with Gasteiger partial charge in [-0.15, -0.1) is 0 Å². The van der Waals surface area contributed by atoms with Crippen molar-refractivity contribution in [2.75, 3.05) is 33.2 Å². The van der Waals surface area contributed by atoms with Gasteiger partial charge in [-0.2, -0.15) is 9.51 Å². The van der Waals surface area contributed by atoms with Gasteiger partial charge >= 0.3 is 19.9 Å². The Bertz CT molecular complexity index is 2090. The number of aromatic nitrogens is 2. The van der Waals surface area contributed by atoms with E-state index >= 15 is 0 Å². The second-order valence-electron chi connectivity index (χ2n) is 12.8. The van der Waals surface area contributed by atoms with Crippen molar-refractivity contribution in [2.45, 2.75) is 49.6 Å². The lowest BCUT2D eigenvalue weighted by Gasteiger charge is -2.37. The molecule has 1 aliphatic rings. The van der Waals surface area contributed by atoms with Crippen LogP contribution in [0.3, 0.4) is 0 Å². The molecule has 15 heteroatoms. The molecule has 4 aromatic carbocycles. The molecular formula is C41H43N3O11P+. The fraction of sp³-hybridized carbons (Fsp3) is 0.293. The van der Waals surface area contributed by atoms with Gasteiger partial charge in [-0.05, 0) is 65.6 Å². The summed E-state index contributed by atoms with van der Waals surface area (Å²) >= 11 is 0. The number of carbonyl (C=O) groups is 1. The normalized spacial score (nSPS) is 19.6. The molecular weight excluding hydrogens is 741 g/mol. The number of unbranched alkanes of at least 4 members (excludes halogenated alkanes) is 1. The Morgan fingerprint density at radius 1 is 0.893 bits per heavy atom. The summed E-state index contributed by atoms with van der Waals surface area (Å²) < 4.78 is 56.3. The largest absolute Gasteiger partial charge is 0.756 e. The van der Waals surface area contributed by atoms with Crippen LogP contribution in [0.25, 0.3) is 0 Å². The number of methoxy groups -OCH3 is 2. The van der Waals surface area contributed by atoms with E-state index in [0.717, 1.165) is 11.0 Å². The van der Waals surface area contributed by atoms with Crippen LogP contribution in [0.15, 0.2) is 126 Å². The van der Waals surface area contributed by atoms with Gasteiger partial charge in [0.1, 0.15) is 29.0 Å². The van der Waals surface area contributed by atoms with Crippen LogP contribution in [0, 0.1) is 0 Å². The monoisotopic (exact) mass is 784 g/mol.